The first-order valence-electron chi connectivity index (χ1n) is 7.63. The van der Waals surface area contributed by atoms with Crippen LogP contribution in [0.3, 0.4) is 0 Å². The number of aryl methyl sites for hydroxylation is 1. The molecule has 1 aromatic heterocycles. The number of hydrogen-bond acceptors (Lipinski definition) is 3. The molecule has 0 atom stereocenters. The molecule has 0 saturated carbocycles. The van der Waals surface area contributed by atoms with Gasteiger partial charge in [-0.05, 0) is 17.7 Å². The number of likely N-dealkylation sites (tertiary alicyclic amines) is 1. The molecule has 112 valence electrons. The molecule has 3 rings (SSSR count). The number of nitrogens with zero attached hydrogens (tertiary/aromatic N) is 3. The molecule has 1 fully saturated rings. The van der Waals surface area contributed by atoms with Crippen molar-refractivity contribution >= 4 is 0 Å². The predicted octanol–water partition coefficient (Wildman–Crippen LogP) is 2.59. The van der Waals surface area contributed by atoms with Crippen molar-refractivity contribution in [3.63, 3.8) is 0 Å². The van der Waals surface area contributed by atoms with E-state index in [9.17, 15) is 0 Å². The van der Waals surface area contributed by atoms with E-state index in [2.05, 4.69) is 45.8 Å². The molecule has 0 aliphatic carbocycles. The lowest BCUT2D eigenvalue weighted by Gasteiger charge is -2.39. The van der Waals surface area contributed by atoms with Gasteiger partial charge >= 0.3 is 0 Å². The quantitative estimate of drug-likeness (QED) is 0.817. The third kappa shape index (κ3) is 3.27. The molecular weight excluding hydrogens is 262 g/mol. The molecule has 2 heterocycles. The topological polar surface area (TPSA) is 30.3 Å². The largest absolute Gasteiger partial charge is 0.497 e. The standard InChI is InChI=1S/C17H23N3O/c1-3-17-18-7-8-20(17)13-15-11-19(12-15)10-14-5-4-6-16(9-14)21-2/h4-9,15H,3,10-13H2,1-2H3. The van der Waals surface area contributed by atoms with Crippen molar-refractivity contribution in [3.05, 3.63) is 48.0 Å². The molecular formula is C17H23N3O. The Balaban J connectivity index is 1.49. The normalized spacial score (nSPS) is 15.9. The molecule has 2 aromatic rings. The Bertz CT molecular complexity index is 587. The maximum absolute atomic E-state index is 5.28. The zero-order valence-corrected chi connectivity index (χ0v) is 12.8. The van der Waals surface area contributed by atoms with Crippen molar-refractivity contribution in [3.8, 4) is 5.75 Å². The van der Waals surface area contributed by atoms with Crippen LogP contribution in [-0.2, 0) is 19.5 Å². The summed E-state index contributed by atoms with van der Waals surface area (Å²) >= 11 is 0. The van der Waals surface area contributed by atoms with Crippen LogP contribution in [0.5, 0.6) is 5.75 Å². The van der Waals surface area contributed by atoms with Crippen LogP contribution in [0.4, 0.5) is 0 Å². The molecule has 0 amide bonds. The van der Waals surface area contributed by atoms with Crippen molar-refractivity contribution in [2.75, 3.05) is 20.2 Å². The van der Waals surface area contributed by atoms with Crippen LogP contribution in [-0.4, -0.2) is 34.7 Å². The molecule has 0 N–H and O–H groups in total. The Morgan fingerprint density at radius 3 is 2.95 bits per heavy atom. The third-order valence-corrected chi connectivity index (χ3v) is 4.15. The minimum absolute atomic E-state index is 0.745. The zero-order valence-electron chi connectivity index (χ0n) is 12.8. The number of aromatic nitrogens is 2. The molecule has 1 aliphatic heterocycles. The first-order chi connectivity index (χ1) is 10.3. The van der Waals surface area contributed by atoms with Crippen LogP contribution in [0, 0.1) is 5.92 Å². The number of methoxy groups -OCH3 is 1. The summed E-state index contributed by atoms with van der Waals surface area (Å²) in [7, 11) is 1.72. The third-order valence-electron chi connectivity index (χ3n) is 4.15. The number of rotatable bonds is 6. The molecule has 0 unspecified atom stereocenters. The summed E-state index contributed by atoms with van der Waals surface area (Å²) in [5, 5.41) is 0. The second-order valence-corrected chi connectivity index (χ2v) is 5.76. The van der Waals surface area contributed by atoms with Gasteiger partial charge in [0.2, 0.25) is 0 Å². The van der Waals surface area contributed by atoms with E-state index in [0.717, 1.165) is 31.2 Å². The van der Waals surface area contributed by atoms with Gasteiger partial charge in [-0.15, -0.1) is 0 Å². The van der Waals surface area contributed by atoms with E-state index in [0.29, 0.717) is 0 Å². The number of imidazole rings is 1. The van der Waals surface area contributed by atoms with Gasteiger partial charge in [0.15, 0.2) is 0 Å². The number of hydrogen-bond donors (Lipinski definition) is 0. The fourth-order valence-electron chi connectivity index (χ4n) is 3.05. The molecule has 4 nitrogen and oxygen atoms in total. The smallest absolute Gasteiger partial charge is 0.119 e. The second kappa shape index (κ2) is 6.31. The van der Waals surface area contributed by atoms with E-state index in [4.69, 9.17) is 4.74 Å². The summed E-state index contributed by atoms with van der Waals surface area (Å²) in [6.07, 6.45) is 5.02. The highest BCUT2D eigenvalue weighted by Gasteiger charge is 2.27. The van der Waals surface area contributed by atoms with E-state index in [1.165, 1.54) is 24.5 Å². The fourth-order valence-corrected chi connectivity index (χ4v) is 3.05. The van der Waals surface area contributed by atoms with E-state index >= 15 is 0 Å². The lowest BCUT2D eigenvalue weighted by molar-refractivity contribution is 0.0797. The van der Waals surface area contributed by atoms with Crippen LogP contribution in [0.25, 0.3) is 0 Å². The molecule has 21 heavy (non-hydrogen) atoms. The van der Waals surface area contributed by atoms with Crippen LogP contribution in [0.15, 0.2) is 36.7 Å². The second-order valence-electron chi connectivity index (χ2n) is 5.76. The molecule has 0 radical (unpaired) electrons. The first-order valence-corrected chi connectivity index (χ1v) is 7.63. The SMILES string of the molecule is CCc1nccn1CC1CN(Cc2cccc(OC)c2)C1. The van der Waals surface area contributed by atoms with Gasteiger partial charge in [-0.2, -0.15) is 0 Å². The van der Waals surface area contributed by atoms with Crippen molar-refractivity contribution in [2.24, 2.45) is 5.92 Å². The maximum Gasteiger partial charge on any atom is 0.119 e. The number of benzene rings is 1. The van der Waals surface area contributed by atoms with E-state index in [1.54, 1.807) is 7.11 Å². The first kappa shape index (κ1) is 14.1. The average Bonchev–Trinajstić information content (AvgIpc) is 2.92. The zero-order chi connectivity index (χ0) is 14.7. The monoisotopic (exact) mass is 285 g/mol. The summed E-state index contributed by atoms with van der Waals surface area (Å²) in [6, 6.07) is 8.34. The van der Waals surface area contributed by atoms with Crippen LogP contribution >= 0.6 is 0 Å². The number of ether oxygens (including phenoxy) is 1. The summed E-state index contributed by atoms with van der Waals surface area (Å²) < 4.78 is 7.58. The average molecular weight is 285 g/mol. The van der Waals surface area contributed by atoms with Gasteiger partial charge in [0, 0.05) is 50.9 Å². The summed E-state index contributed by atoms with van der Waals surface area (Å²) in [5.41, 5.74) is 1.32. The maximum atomic E-state index is 5.28. The van der Waals surface area contributed by atoms with E-state index in [-0.39, 0.29) is 0 Å². The Labute approximate surface area is 126 Å². The van der Waals surface area contributed by atoms with Gasteiger partial charge in [0.25, 0.3) is 0 Å². The minimum atomic E-state index is 0.745. The van der Waals surface area contributed by atoms with Crippen molar-refractivity contribution in [2.45, 2.75) is 26.4 Å². The Morgan fingerprint density at radius 1 is 1.33 bits per heavy atom. The lowest BCUT2D eigenvalue weighted by atomic mass is 9.99. The van der Waals surface area contributed by atoms with Crippen LogP contribution in [0.1, 0.15) is 18.3 Å². The van der Waals surface area contributed by atoms with Crippen molar-refractivity contribution in [1.29, 1.82) is 0 Å². The highest BCUT2D eigenvalue weighted by Crippen LogP contribution is 2.22. The lowest BCUT2D eigenvalue weighted by Crippen LogP contribution is -2.47. The predicted molar refractivity (Wildman–Crippen MR) is 83.4 cm³/mol. The molecule has 0 spiro atoms. The van der Waals surface area contributed by atoms with Gasteiger partial charge in [-0.1, -0.05) is 19.1 Å². The minimum Gasteiger partial charge on any atom is -0.497 e. The van der Waals surface area contributed by atoms with Gasteiger partial charge < -0.3 is 9.30 Å². The van der Waals surface area contributed by atoms with Gasteiger partial charge in [0.05, 0.1) is 7.11 Å². The van der Waals surface area contributed by atoms with Gasteiger partial charge in [0.1, 0.15) is 11.6 Å². The molecule has 4 heteroatoms. The van der Waals surface area contributed by atoms with Crippen LogP contribution in [0.2, 0.25) is 0 Å². The summed E-state index contributed by atoms with van der Waals surface area (Å²) in [6.45, 7) is 6.60. The van der Waals surface area contributed by atoms with Gasteiger partial charge in [-0.3, -0.25) is 4.90 Å². The molecule has 1 saturated heterocycles. The summed E-state index contributed by atoms with van der Waals surface area (Å²) in [4.78, 5) is 6.88. The fraction of sp³-hybridized carbons (Fsp3) is 0.471. The Hall–Kier alpha value is -1.81. The highest BCUT2D eigenvalue weighted by atomic mass is 16.5. The Kier molecular flexibility index (Phi) is 4.25. The van der Waals surface area contributed by atoms with E-state index < -0.39 is 0 Å². The van der Waals surface area contributed by atoms with E-state index in [1.807, 2.05) is 12.3 Å². The molecule has 1 aliphatic rings. The highest BCUT2D eigenvalue weighted by molar-refractivity contribution is 5.28. The van der Waals surface area contributed by atoms with Gasteiger partial charge in [-0.25, -0.2) is 4.98 Å². The van der Waals surface area contributed by atoms with Crippen molar-refractivity contribution in [1.82, 2.24) is 14.5 Å². The molecule has 0 bridgehead atoms. The van der Waals surface area contributed by atoms with Crippen molar-refractivity contribution < 1.29 is 4.74 Å². The molecule has 1 aromatic carbocycles. The Morgan fingerprint density at radius 2 is 2.19 bits per heavy atom. The summed E-state index contributed by atoms with van der Waals surface area (Å²) in [5.74, 6) is 2.88. The van der Waals surface area contributed by atoms with Crippen LogP contribution < -0.4 is 4.74 Å².